The van der Waals surface area contributed by atoms with Crippen molar-refractivity contribution in [3.05, 3.63) is 18.7 Å². The lowest BCUT2D eigenvalue weighted by atomic mass is 9.95. The molecule has 18 heavy (non-hydrogen) atoms. The lowest BCUT2D eigenvalue weighted by Crippen LogP contribution is -2.41. The quantitative estimate of drug-likeness (QED) is 0.783. The SMILES string of the molecule is CC(Cn1ccnc1)NC(=O)C(C)C(C)C(=O)O. The summed E-state index contributed by atoms with van der Waals surface area (Å²) >= 11 is 0. The van der Waals surface area contributed by atoms with E-state index >= 15 is 0 Å². The van der Waals surface area contributed by atoms with E-state index in [1.54, 1.807) is 19.4 Å². The third-order valence-electron chi connectivity index (χ3n) is 2.99. The zero-order chi connectivity index (χ0) is 13.7. The van der Waals surface area contributed by atoms with Gasteiger partial charge in [0.05, 0.1) is 12.2 Å². The number of carbonyl (C=O) groups excluding carboxylic acids is 1. The Labute approximate surface area is 106 Å². The topological polar surface area (TPSA) is 84.2 Å². The molecule has 3 unspecified atom stereocenters. The lowest BCUT2D eigenvalue weighted by molar-refractivity contribution is -0.146. The van der Waals surface area contributed by atoms with Gasteiger partial charge in [0, 0.05) is 30.9 Å². The van der Waals surface area contributed by atoms with Crippen LogP contribution in [0.1, 0.15) is 20.8 Å². The van der Waals surface area contributed by atoms with E-state index in [0.29, 0.717) is 6.54 Å². The Kier molecular flexibility index (Phi) is 4.88. The largest absolute Gasteiger partial charge is 0.481 e. The van der Waals surface area contributed by atoms with E-state index in [1.807, 2.05) is 17.7 Å². The van der Waals surface area contributed by atoms with Crippen molar-refractivity contribution in [2.45, 2.75) is 33.4 Å². The van der Waals surface area contributed by atoms with Crippen LogP contribution in [0.5, 0.6) is 0 Å². The fraction of sp³-hybridized carbons (Fsp3) is 0.583. The molecular formula is C12H19N3O3. The molecule has 0 radical (unpaired) electrons. The number of nitrogens with zero attached hydrogens (tertiary/aromatic N) is 2. The molecule has 6 nitrogen and oxygen atoms in total. The van der Waals surface area contributed by atoms with E-state index < -0.39 is 17.8 Å². The van der Waals surface area contributed by atoms with Crippen LogP contribution in [0.25, 0.3) is 0 Å². The number of amides is 1. The summed E-state index contributed by atoms with van der Waals surface area (Å²) in [7, 11) is 0. The van der Waals surface area contributed by atoms with Gasteiger partial charge in [0.1, 0.15) is 0 Å². The molecule has 100 valence electrons. The predicted molar refractivity (Wildman–Crippen MR) is 65.8 cm³/mol. The van der Waals surface area contributed by atoms with Gasteiger partial charge in [-0.25, -0.2) is 4.98 Å². The molecule has 0 aromatic carbocycles. The molecule has 2 N–H and O–H groups in total. The molecule has 1 rings (SSSR count). The molecule has 1 heterocycles. The first-order valence-corrected chi connectivity index (χ1v) is 5.90. The van der Waals surface area contributed by atoms with Gasteiger partial charge in [-0.3, -0.25) is 9.59 Å². The molecule has 0 aliphatic heterocycles. The zero-order valence-corrected chi connectivity index (χ0v) is 10.8. The maximum Gasteiger partial charge on any atom is 0.307 e. The smallest absolute Gasteiger partial charge is 0.307 e. The molecule has 0 aliphatic rings. The standard InChI is InChI=1S/C12H19N3O3/c1-8(6-15-5-4-13-7-15)14-11(16)9(2)10(3)12(17)18/h4-5,7-10H,6H2,1-3H3,(H,14,16)(H,17,18). The molecule has 0 aliphatic carbocycles. The summed E-state index contributed by atoms with van der Waals surface area (Å²) < 4.78 is 1.86. The van der Waals surface area contributed by atoms with E-state index in [9.17, 15) is 9.59 Å². The Morgan fingerprint density at radius 3 is 2.50 bits per heavy atom. The summed E-state index contributed by atoms with van der Waals surface area (Å²) in [6.45, 7) is 5.64. The highest BCUT2D eigenvalue weighted by Crippen LogP contribution is 2.11. The Morgan fingerprint density at radius 2 is 2.00 bits per heavy atom. The molecule has 0 fully saturated rings. The van der Waals surface area contributed by atoms with Crippen LogP contribution >= 0.6 is 0 Å². The Hall–Kier alpha value is -1.85. The molecule has 3 atom stereocenters. The van der Waals surface area contributed by atoms with Gasteiger partial charge in [-0.05, 0) is 6.92 Å². The molecular weight excluding hydrogens is 234 g/mol. The highest BCUT2D eigenvalue weighted by molar-refractivity contribution is 5.84. The summed E-state index contributed by atoms with van der Waals surface area (Å²) in [6.07, 6.45) is 5.15. The first-order chi connectivity index (χ1) is 8.41. The summed E-state index contributed by atoms with van der Waals surface area (Å²) in [6, 6.07) is -0.0739. The second-order valence-corrected chi connectivity index (χ2v) is 4.58. The van der Waals surface area contributed by atoms with Gasteiger partial charge in [0.15, 0.2) is 0 Å². The lowest BCUT2D eigenvalue weighted by Gasteiger charge is -2.20. The van der Waals surface area contributed by atoms with Crippen LogP contribution in [0, 0.1) is 11.8 Å². The van der Waals surface area contributed by atoms with Crippen LogP contribution < -0.4 is 5.32 Å². The first kappa shape index (κ1) is 14.2. The number of carbonyl (C=O) groups is 2. The van der Waals surface area contributed by atoms with E-state index in [0.717, 1.165) is 0 Å². The van der Waals surface area contributed by atoms with Crippen LogP contribution in [-0.4, -0.2) is 32.6 Å². The summed E-state index contributed by atoms with van der Waals surface area (Å²) in [5, 5.41) is 11.7. The van der Waals surface area contributed by atoms with Crippen molar-refractivity contribution in [1.29, 1.82) is 0 Å². The van der Waals surface area contributed by atoms with Crippen molar-refractivity contribution in [2.24, 2.45) is 11.8 Å². The van der Waals surface area contributed by atoms with Crippen LogP contribution in [0.2, 0.25) is 0 Å². The number of nitrogens with one attached hydrogen (secondary N) is 1. The van der Waals surface area contributed by atoms with Gasteiger partial charge >= 0.3 is 5.97 Å². The molecule has 0 saturated heterocycles. The van der Waals surface area contributed by atoms with Gasteiger partial charge in [0.25, 0.3) is 0 Å². The highest BCUT2D eigenvalue weighted by Gasteiger charge is 2.26. The maximum absolute atomic E-state index is 11.8. The van der Waals surface area contributed by atoms with Crippen molar-refractivity contribution >= 4 is 11.9 Å². The summed E-state index contributed by atoms with van der Waals surface area (Å²) in [5.74, 6) is -2.43. The average molecular weight is 253 g/mol. The molecule has 0 spiro atoms. The van der Waals surface area contributed by atoms with Crippen LogP contribution in [0.3, 0.4) is 0 Å². The average Bonchev–Trinajstić information content (AvgIpc) is 2.79. The maximum atomic E-state index is 11.8. The second-order valence-electron chi connectivity index (χ2n) is 4.58. The van der Waals surface area contributed by atoms with Gasteiger partial charge in [-0.1, -0.05) is 13.8 Å². The number of aliphatic carboxylic acids is 1. The monoisotopic (exact) mass is 253 g/mol. The Morgan fingerprint density at radius 1 is 1.33 bits per heavy atom. The number of hydrogen-bond acceptors (Lipinski definition) is 3. The predicted octanol–water partition coefficient (Wildman–Crippen LogP) is 0.745. The van der Waals surface area contributed by atoms with Crippen molar-refractivity contribution in [1.82, 2.24) is 14.9 Å². The summed E-state index contributed by atoms with van der Waals surface area (Å²) in [5.41, 5.74) is 0. The van der Waals surface area contributed by atoms with Crippen molar-refractivity contribution < 1.29 is 14.7 Å². The first-order valence-electron chi connectivity index (χ1n) is 5.90. The van der Waals surface area contributed by atoms with Crippen molar-refractivity contribution in [3.8, 4) is 0 Å². The third kappa shape index (κ3) is 3.87. The fourth-order valence-electron chi connectivity index (χ4n) is 1.57. The number of carboxylic acids is 1. The fourth-order valence-corrected chi connectivity index (χ4v) is 1.57. The molecule has 1 aromatic heterocycles. The number of hydrogen-bond donors (Lipinski definition) is 2. The molecule has 0 saturated carbocycles. The minimum Gasteiger partial charge on any atom is -0.481 e. The number of imidazole rings is 1. The minimum atomic E-state index is -0.958. The number of rotatable bonds is 6. The van der Waals surface area contributed by atoms with Gasteiger partial charge in [-0.2, -0.15) is 0 Å². The Balaban J connectivity index is 2.46. The zero-order valence-electron chi connectivity index (χ0n) is 10.8. The molecule has 6 heteroatoms. The van der Waals surface area contributed by atoms with E-state index in [4.69, 9.17) is 5.11 Å². The normalized spacial score (nSPS) is 15.7. The van der Waals surface area contributed by atoms with Gasteiger partial charge < -0.3 is 15.0 Å². The van der Waals surface area contributed by atoms with Crippen LogP contribution in [0.15, 0.2) is 18.7 Å². The van der Waals surface area contributed by atoms with E-state index in [1.165, 1.54) is 6.92 Å². The Bertz CT molecular complexity index is 403. The van der Waals surface area contributed by atoms with Crippen molar-refractivity contribution in [2.75, 3.05) is 0 Å². The third-order valence-corrected chi connectivity index (χ3v) is 2.99. The van der Waals surface area contributed by atoms with E-state index in [-0.39, 0.29) is 11.9 Å². The number of aromatic nitrogens is 2. The molecule has 1 aromatic rings. The highest BCUT2D eigenvalue weighted by atomic mass is 16.4. The molecule has 1 amide bonds. The van der Waals surface area contributed by atoms with Crippen LogP contribution in [-0.2, 0) is 16.1 Å². The molecule has 0 bridgehead atoms. The second kappa shape index (κ2) is 6.18. The number of carboxylic acid groups (broad SMARTS) is 1. The van der Waals surface area contributed by atoms with Crippen LogP contribution in [0.4, 0.5) is 0 Å². The van der Waals surface area contributed by atoms with E-state index in [2.05, 4.69) is 10.3 Å². The van der Waals surface area contributed by atoms with Gasteiger partial charge in [0.2, 0.25) is 5.91 Å². The van der Waals surface area contributed by atoms with Crippen molar-refractivity contribution in [3.63, 3.8) is 0 Å². The van der Waals surface area contributed by atoms with Gasteiger partial charge in [-0.15, -0.1) is 0 Å². The summed E-state index contributed by atoms with van der Waals surface area (Å²) in [4.78, 5) is 26.5. The minimum absolute atomic E-state index is 0.0739.